The Morgan fingerprint density at radius 1 is 0.788 bits per heavy atom. The molecule has 3 aliphatic heterocycles. The number of hydrogen-bond acceptors (Lipinski definition) is 5. The molecule has 0 radical (unpaired) electrons. The van der Waals surface area contributed by atoms with Crippen LogP contribution in [0, 0.1) is 0 Å². The van der Waals surface area contributed by atoms with Crippen LogP contribution in [0.15, 0.2) is 53.4 Å². The molecule has 33 heavy (non-hydrogen) atoms. The van der Waals surface area contributed by atoms with E-state index in [1.54, 1.807) is 12.1 Å². The predicted octanol–water partition coefficient (Wildman–Crippen LogP) is 1.96. The molecule has 0 saturated carbocycles. The number of amides is 2. The molecule has 0 spiro atoms. The quantitative estimate of drug-likeness (QED) is 0.683. The maximum Gasteiger partial charge on any atom is 0.320 e. The van der Waals surface area contributed by atoms with Gasteiger partial charge in [0.2, 0.25) is 10.0 Å². The molecule has 9 heteroatoms. The molecule has 0 unspecified atom stereocenters. The minimum Gasteiger partial charge on any atom is -0.378 e. The summed E-state index contributed by atoms with van der Waals surface area (Å²) in [5, 5.41) is 0. The van der Waals surface area contributed by atoms with Gasteiger partial charge in [-0.1, -0.05) is 36.4 Å². The highest BCUT2D eigenvalue weighted by Gasteiger charge is 2.30. The highest BCUT2D eigenvalue weighted by atomic mass is 32.2. The van der Waals surface area contributed by atoms with E-state index in [-0.39, 0.29) is 6.03 Å². The molecule has 2 aromatic carbocycles. The van der Waals surface area contributed by atoms with Gasteiger partial charge in [0.25, 0.3) is 0 Å². The number of urea groups is 1. The summed E-state index contributed by atoms with van der Waals surface area (Å²) in [4.78, 5) is 19.1. The first-order valence-electron chi connectivity index (χ1n) is 11.5. The fraction of sp³-hybridized carbons (Fsp3) is 0.458. The summed E-state index contributed by atoms with van der Waals surface area (Å²) in [6.07, 6.45) is 0. The highest BCUT2D eigenvalue weighted by molar-refractivity contribution is 7.89. The van der Waals surface area contributed by atoms with Crippen molar-refractivity contribution >= 4 is 16.1 Å². The average Bonchev–Trinajstić information content (AvgIpc) is 3.30. The van der Waals surface area contributed by atoms with Crippen LogP contribution in [-0.4, -0.2) is 85.9 Å². The van der Waals surface area contributed by atoms with E-state index in [2.05, 4.69) is 4.90 Å². The van der Waals surface area contributed by atoms with Gasteiger partial charge < -0.3 is 14.5 Å². The van der Waals surface area contributed by atoms with Crippen molar-refractivity contribution in [2.45, 2.75) is 24.5 Å². The first-order chi connectivity index (χ1) is 16.0. The molecule has 0 N–H and O–H groups in total. The number of hydrogen-bond donors (Lipinski definition) is 0. The standard InChI is InChI=1S/C24H30N4O4S/c29-24(27-13-15-32-16-14-27)26-11-9-25(10-12-26)17-20-5-7-23(8-6-20)33(30,31)28-18-21-3-1-2-4-22(21)19-28/h1-8H,9-19H2. The number of carbonyl (C=O) groups is 1. The Kier molecular flexibility index (Phi) is 6.38. The van der Waals surface area contributed by atoms with Crippen molar-refractivity contribution in [1.29, 1.82) is 0 Å². The van der Waals surface area contributed by atoms with Crippen LogP contribution in [0.3, 0.4) is 0 Å². The molecule has 5 rings (SSSR count). The van der Waals surface area contributed by atoms with Crippen LogP contribution in [0.25, 0.3) is 0 Å². The Balaban J connectivity index is 1.15. The van der Waals surface area contributed by atoms with E-state index >= 15 is 0 Å². The zero-order valence-corrected chi connectivity index (χ0v) is 19.5. The van der Waals surface area contributed by atoms with Crippen molar-refractivity contribution in [3.63, 3.8) is 0 Å². The van der Waals surface area contributed by atoms with Crippen molar-refractivity contribution in [3.05, 3.63) is 65.2 Å². The number of fused-ring (bicyclic) bond motifs is 1. The Hall–Kier alpha value is -2.46. The van der Waals surface area contributed by atoms with Crippen molar-refractivity contribution in [2.75, 3.05) is 52.5 Å². The van der Waals surface area contributed by atoms with Gasteiger partial charge in [0.15, 0.2) is 0 Å². The molecule has 2 fully saturated rings. The number of ether oxygens (including phenoxy) is 1. The van der Waals surface area contributed by atoms with Gasteiger partial charge >= 0.3 is 6.03 Å². The molecule has 0 bridgehead atoms. The van der Waals surface area contributed by atoms with E-state index < -0.39 is 10.0 Å². The van der Waals surface area contributed by atoms with Gasteiger partial charge in [-0.05, 0) is 28.8 Å². The number of carbonyl (C=O) groups excluding carboxylic acids is 1. The summed E-state index contributed by atoms with van der Waals surface area (Å²) in [5.74, 6) is 0. The number of piperazine rings is 1. The van der Waals surface area contributed by atoms with Crippen molar-refractivity contribution in [1.82, 2.24) is 19.0 Å². The lowest BCUT2D eigenvalue weighted by atomic mass is 10.1. The molecule has 176 valence electrons. The molecule has 2 aromatic rings. The van der Waals surface area contributed by atoms with E-state index in [0.29, 0.717) is 57.4 Å². The third-order valence-electron chi connectivity index (χ3n) is 6.70. The van der Waals surface area contributed by atoms with Crippen LogP contribution in [0.2, 0.25) is 0 Å². The minimum absolute atomic E-state index is 0.108. The maximum absolute atomic E-state index is 13.1. The maximum atomic E-state index is 13.1. The third kappa shape index (κ3) is 4.77. The van der Waals surface area contributed by atoms with Crippen molar-refractivity contribution in [3.8, 4) is 0 Å². The zero-order chi connectivity index (χ0) is 22.8. The second-order valence-electron chi connectivity index (χ2n) is 8.83. The summed E-state index contributed by atoms with van der Waals surface area (Å²) < 4.78 is 33.1. The lowest BCUT2D eigenvalue weighted by Crippen LogP contribution is -2.54. The lowest BCUT2D eigenvalue weighted by molar-refractivity contribution is 0.0373. The Morgan fingerprint density at radius 2 is 1.36 bits per heavy atom. The molecule has 0 aliphatic carbocycles. The minimum atomic E-state index is -3.52. The van der Waals surface area contributed by atoms with E-state index in [0.717, 1.165) is 36.3 Å². The van der Waals surface area contributed by atoms with Gasteiger partial charge in [0.05, 0.1) is 18.1 Å². The number of nitrogens with zero attached hydrogens (tertiary/aromatic N) is 4. The normalized spacial score (nSPS) is 20.1. The fourth-order valence-electron chi connectivity index (χ4n) is 4.70. The van der Waals surface area contributed by atoms with Gasteiger partial charge in [-0.15, -0.1) is 0 Å². The largest absolute Gasteiger partial charge is 0.378 e. The van der Waals surface area contributed by atoms with E-state index in [1.807, 2.05) is 46.2 Å². The monoisotopic (exact) mass is 470 g/mol. The van der Waals surface area contributed by atoms with E-state index in [9.17, 15) is 13.2 Å². The molecule has 8 nitrogen and oxygen atoms in total. The molecule has 0 aromatic heterocycles. The van der Waals surface area contributed by atoms with Gasteiger partial charge in [-0.2, -0.15) is 4.31 Å². The topological polar surface area (TPSA) is 73.4 Å². The molecule has 3 aliphatic rings. The number of rotatable bonds is 4. The third-order valence-corrected chi connectivity index (χ3v) is 8.51. The van der Waals surface area contributed by atoms with Crippen LogP contribution in [-0.2, 0) is 34.4 Å². The second kappa shape index (κ2) is 9.42. The smallest absolute Gasteiger partial charge is 0.320 e. The second-order valence-corrected chi connectivity index (χ2v) is 10.8. The first kappa shape index (κ1) is 22.3. The van der Waals surface area contributed by atoms with Crippen molar-refractivity contribution < 1.29 is 17.9 Å². The zero-order valence-electron chi connectivity index (χ0n) is 18.7. The molecule has 0 atom stereocenters. The number of sulfonamides is 1. The summed E-state index contributed by atoms with van der Waals surface area (Å²) in [5.41, 5.74) is 3.22. The SMILES string of the molecule is O=C(N1CCOCC1)N1CCN(Cc2ccc(S(=O)(=O)N3Cc4ccccc4C3)cc2)CC1. The fourth-order valence-corrected chi connectivity index (χ4v) is 6.09. The highest BCUT2D eigenvalue weighted by Crippen LogP contribution is 2.28. The lowest BCUT2D eigenvalue weighted by Gasteiger charge is -2.38. The van der Waals surface area contributed by atoms with Gasteiger partial charge in [0.1, 0.15) is 0 Å². The molecular formula is C24H30N4O4S. The van der Waals surface area contributed by atoms with E-state index in [4.69, 9.17) is 4.74 Å². The van der Waals surface area contributed by atoms with Crippen LogP contribution < -0.4 is 0 Å². The molecule has 2 saturated heterocycles. The van der Waals surface area contributed by atoms with Crippen LogP contribution in [0.4, 0.5) is 4.79 Å². The number of morpholine rings is 1. The Labute approximate surface area is 195 Å². The van der Waals surface area contributed by atoms with Crippen LogP contribution in [0.5, 0.6) is 0 Å². The molecule has 3 heterocycles. The average molecular weight is 471 g/mol. The van der Waals surface area contributed by atoms with E-state index in [1.165, 1.54) is 4.31 Å². The molecular weight excluding hydrogens is 440 g/mol. The van der Waals surface area contributed by atoms with Crippen LogP contribution >= 0.6 is 0 Å². The van der Waals surface area contributed by atoms with Gasteiger partial charge in [-0.25, -0.2) is 13.2 Å². The summed E-state index contributed by atoms with van der Waals surface area (Å²) in [7, 11) is -3.52. The predicted molar refractivity (Wildman–Crippen MR) is 124 cm³/mol. The van der Waals surface area contributed by atoms with Gasteiger partial charge in [-0.3, -0.25) is 4.90 Å². The summed E-state index contributed by atoms with van der Waals surface area (Å²) in [6, 6.07) is 15.2. The Morgan fingerprint density at radius 3 is 1.97 bits per heavy atom. The van der Waals surface area contributed by atoms with Gasteiger partial charge in [0, 0.05) is 58.9 Å². The number of benzene rings is 2. The van der Waals surface area contributed by atoms with Crippen molar-refractivity contribution in [2.24, 2.45) is 0 Å². The Bertz CT molecular complexity index is 1070. The summed E-state index contributed by atoms with van der Waals surface area (Å²) in [6.45, 7) is 7.18. The molecule has 2 amide bonds. The van der Waals surface area contributed by atoms with Crippen LogP contribution in [0.1, 0.15) is 16.7 Å². The summed E-state index contributed by atoms with van der Waals surface area (Å²) >= 11 is 0. The first-order valence-corrected chi connectivity index (χ1v) is 12.9.